The standard InChI is InChI=1S/C4H5Cl2O/c1-2-3(5)4(6)7/h2H2,1H3. The highest BCUT2D eigenvalue weighted by Crippen LogP contribution is 2.13. The molecular formula is C4H5Cl2O. The third kappa shape index (κ3) is 2.77. The van der Waals surface area contributed by atoms with Gasteiger partial charge in [-0.3, -0.25) is 5.11 Å². The summed E-state index contributed by atoms with van der Waals surface area (Å²) < 4.78 is 0. The van der Waals surface area contributed by atoms with E-state index in [-0.39, 0.29) is 5.03 Å². The van der Waals surface area contributed by atoms with Gasteiger partial charge in [0.1, 0.15) is 0 Å². The van der Waals surface area contributed by atoms with Gasteiger partial charge in [-0.25, -0.2) is 0 Å². The fraction of sp³-hybridized carbons (Fsp3) is 0.500. The zero-order valence-electron chi connectivity index (χ0n) is 3.87. The van der Waals surface area contributed by atoms with Crippen LogP contribution in [0.5, 0.6) is 0 Å². The number of rotatable bonds is 1. The van der Waals surface area contributed by atoms with Crippen LogP contribution >= 0.6 is 23.2 Å². The molecule has 0 unspecified atom stereocenters. The molecule has 3 heteroatoms. The van der Waals surface area contributed by atoms with Crippen molar-refractivity contribution in [3.63, 3.8) is 0 Å². The fourth-order valence-electron chi connectivity index (χ4n) is 0.139. The molecule has 0 saturated carbocycles. The zero-order chi connectivity index (χ0) is 5.86. The molecule has 7 heavy (non-hydrogen) atoms. The van der Waals surface area contributed by atoms with Crippen molar-refractivity contribution in [2.45, 2.75) is 13.3 Å². The lowest BCUT2D eigenvalue weighted by molar-refractivity contribution is 0.329. The number of allylic oxidation sites excluding steroid dienone is 1. The van der Waals surface area contributed by atoms with Crippen LogP contribution in [0.2, 0.25) is 0 Å². The molecule has 0 aliphatic rings. The van der Waals surface area contributed by atoms with E-state index in [0.29, 0.717) is 6.42 Å². The van der Waals surface area contributed by atoms with E-state index < -0.39 is 5.22 Å². The molecule has 1 radical (unpaired) electrons. The van der Waals surface area contributed by atoms with Crippen LogP contribution in [-0.2, 0) is 5.11 Å². The fourth-order valence-corrected chi connectivity index (χ4v) is 0.273. The van der Waals surface area contributed by atoms with E-state index in [4.69, 9.17) is 23.2 Å². The highest BCUT2D eigenvalue weighted by atomic mass is 35.5. The van der Waals surface area contributed by atoms with E-state index in [1.807, 2.05) is 0 Å². The molecule has 0 rings (SSSR count). The van der Waals surface area contributed by atoms with E-state index in [9.17, 15) is 5.11 Å². The van der Waals surface area contributed by atoms with Gasteiger partial charge in [-0.05, 0) is 18.0 Å². The van der Waals surface area contributed by atoms with Crippen LogP contribution in [0.4, 0.5) is 0 Å². The topological polar surface area (TPSA) is 19.9 Å². The summed E-state index contributed by atoms with van der Waals surface area (Å²) in [6.07, 6.45) is 0.518. The van der Waals surface area contributed by atoms with Gasteiger partial charge < -0.3 is 0 Å². The third-order valence-electron chi connectivity index (χ3n) is 0.524. The molecule has 0 aromatic heterocycles. The van der Waals surface area contributed by atoms with E-state index in [1.54, 1.807) is 6.92 Å². The average molecular weight is 140 g/mol. The van der Waals surface area contributed by atoms with E-state index in [1.165, 1.54) is 0 Å². The highest BCUT2D eigenvalue weighted by molar-refractivity contribution is 6.37. The van der Waals surface area contributed by atoms with Gasteiger partial charge in [0, 0.05) is 0 Å². The molecule has 0 aromatic rings. The first-order valence-corrected chi connectivity index (χ1v) is 2.65. The largest absolute Gasteiger partial charge is 0.275 e. The molecule has 0 aliphatic heterocycles. The zero-order valence-corrected chi connectivity index (χ0v) is 5.38. The van der Waals surface area contributed by atoms with Crippen LogP contribution in [0.25, 0.3) is 0 Å². The van der Waals surface area contributed by atoms with E-state index >= 15 is 0 Å². The summed E-state index contributed by atoms with van der Waals surface area (Å²) in [6, 6.07) is 0. The minimum atomic E-state index is -0.552. The Balaban J connectivity index is 3.72. The Morgan fingerprint density at radius 1 is 1.57 bits per heavy atom. The van der Waals surface area contributed by atoms with Crippen molar-refractivity contribution < 1.29 is 5.11 Å². The van der Waals surface area contributed by atoms with Crippen molar-refractivity contribution in [2.75, 3.05) is 0 Å². The third-order valence-corrected chi connectivity index (χ3v) is 1.29. The van der Waals surface area contributed by atoms with Crippen LogP contribution in [0.1, 0.15) is 13.3 Å². The van der Waals surface area contributed by atoms with Crippen molar-refractivity contribution >= 4 is 23.2 Å². The normalized spacial score (nSPS) is 13.6. The molecule has 0 aliphatic carbocycles. The molecule has 41 valence electrons. The van der Waals surface area contributed by atoms with Crippen molar-refractivity contribution in [3.8, 4) is 0 Å². The summed E-state index contributed by atoms with van der Waals surface area (Å²) in [6.45, 7) is 1.77. The van der Waals surface area contributed by atoms with Gasteiger partial charge in [-0.15, -0.1) is 0 Å². The summed E-state index contributed by atoms with van der Waals surface area (Å²) in [4.78, 5) is 0. The maximum atomic E-state index is 9.97. The molecule has 0 spiro atoms. The van der Waals surface area contributed by atoms with Gasteiger partial charge in [-0.2, -0.15) is 0 Å². The minimum Gasteiger partial charge on any atom is -0.275 e. The Morgan fingerprint density at radius 2 is 2.00 bits per heavy atom. The van der Waals surface area contributed by atoms with Crippen LogP contribution in [0, 0.1) is 0 Å². The van der Waals surface area contributed by atoms with Crippen LogP contribution < -0.4 is 0 Å². The molecule has 0 heterocycles. The second-order valence-corrected chi connectivity index (χ2v) is 1.83. The van der Waals surface area contributed by atoms with Gasteiger partial charge in [0.05, 0.1) is 5.03 Å². The molecule has 0 bridgehead atoms. The molecule has 0 N–H and O–H groups in total. The Morgan fingerprint density at radius 3 is 2.00 bits per heavy atom. The van der Waals surface area contributed by atoms with Gasteiger partial charge in [0.15, 0.2) is 0 Å². The predicted molar refractivity (Wildman–Crippen MR) is 29.7 cm³/mol. The maximum absolute atomic E-state index is 9.97. The lowest BCUT2D eigenvalue weighted by Gasteiger charge is -1.84. The van der Waals surface area contributed by atoms with Gasteiger partial charge >= 0.3 is 0 Å². The number of hydrogen-bond donors (Lipinski definition) is 0. The second-order valence-electron chi connectivity index (χ2n) is 1.03. The molecule has 0 amide bonds. The Kier molecular flexibility index (Phi) is 3.22. The molecule has 0 fully saturated rings. The highest BCUT2D eigenvalue weighted by Gasteiger charge is 1.95. The van der Waals surface area contributed by atoms with Crippen molar-refractivity contribution in [1.82, 2.24) is 0 Å². The first-order chi connectivity index (χ1) is 3.18. The minimum absolute atomic E-state index is 0.196. The average Bonchev–Trinajstić information content (AvgIpc) is 1.65. The predicted octanol–water partition coefficient (Wildman–Crippen LogP) is 2.47. The monoisotopic (exact) mass is 139 g/mol. The number of halogens is 2. The first kappa shape index (κ1) is 7.12. The Hall–Kier alpha value is 0.120. The van der Waals surface area contributed by atoms with Crippen LogP contribution in [0.3, 0.4) is 0 Å². The van der Waals surface area contributed by atoms with Crippen molar-refractivity contribution in [3.05, 3.63) is 10.3 Å². The van der Waals surface area contributed by atoms with Crippen molar-refractivity contribution in [2.24, 2.45) is 0 Å². The molecular weight excluding hydrogens is 135 g/mol. The lowest BCUT2D eigenvalue weighted by Crippen LogP contribution is -1.68. The van der Waals surface area contributed by atoms with Crippen molar-refractivity contribution in [1.29, 1.82) is 0 Å². The van der Waals surface area contributed by atoms with E-state index in [2.05, 4.69) is 0 Å². The lowest BCUT2D eigenvalue weighted by atomic mass is 10.5. The van der Waals surface area contributed by atoms with Gasteiger partial charge in [0.25, 0.3) is 5.22 Å². The molecule has 1 nitrogen and oxygen atoms in total. The van der Waals surface area contributed by atoms with Crippen LogP contribution in [0.15, 0.2) is 10.3 Å². The first-order valence-electron chi connectivity index (χ1n) is 1.89. The molecule has 0 atom stereocenters. The SMILES string of the molecule is CCC(Cl)=C([O])Cl. The van der Waals surface area contributed by atoms with Crippen LogP contribution in [-0.4, -0.2) is 0 Å². The van der Waals surface area contributed by atoms with E-state index in [0.717, 1.165) is 0 Å². The maximum Gasteiger partial charge on any atom is 0.259 e. The molecule has 0 saturated heterocycles. The second kappa shape index (κ2) is 3.16. The Labute approximate surface area is 52.5 Å². The van der Waals surface area contributed by atoms with Gasteiger partial charge in [0.2, 0.25) is 0 Å². The number of hydrogen-bond acceptors (Lipinski definition) is 0. The molecule has 0 aromatic carbocycles. The van der Waals surface area contributed by atoms with Gasteiger partial charge in [-0.1, -0.05) is 18.5 Å². The summed E-state index contributed by atoms with van der Waals surface area (Å²) in [5, 5.41) is 9.62. The summed E-state index contributed by atoms with van der Waals surface area (Å²) in [7, 11) is 0. The quantitative estimate of drug-likeness (QED) is 0.498. The summed E-state index contributed by atoms with van der Waals surface area (Å²) >= 11 is 10.2. The summed E-state index contributed by atoms with van der Waals surface area (Å²) in [5.41, 5.74) is 0. The smallest absolute Gasteiger partial charge is 0.259 e. The Bertz CT molecular complexity index is 83.7. The summed E-state index contributed by atoms with van der Waals surface area (Å²) in [5.74, 6) is 0.